The Labute approximate surface area is 198 Å². The first-order valence-corrected chi connectivity index (χ1v) is 11.1. The number of rotatable bonds is 8. The van der Waals surface area contributed by atoms with Crippen LogP contribution in [0.4, 0.5) is 5.82 Å². The number of hydrogen-bond acceptors (Lipinski definition) is 6. The molecule has 1 unspecified atom stereocenters. The van der Waals surface area contributed by atoms with Gasteiger partial charge < -0.3 is 9.84 Å². The minimum absolute atomic E-state index is 0.121. The van der Waals surface area contributed by atoms with Crippen LogP contribution in [0.15, 0.2) is 69.2 Å². The van der Waals surface area contributed by atoms with Gasteiger partial charge in [-0.15, -0.1) is 0 Å². The van der Waals surface area contributed by atoms with Gasteiger partial charge in [0.1, 0.15) is 17.6 Å². The van der Waals surface area contributed by atoms with Gasteiger partial charge in [0.05, 0.1) is 11.1 Å². The molecule has 2 aromatic carbocycles. The molecule has 0 amide bonds. The predicted octanol–water partition coefficient (Wildman–Crippen LogP) is 3.10. The fourth-order valence-electron chi connectivity index (χ4n) is 3.65. The van der Waals surface area contributed by atoms with Gasteiger partial charge in [0.15, 0.2) is 5.90 Å². The average Bonchev–Trinajstić information content (AvgIpc) is 2.85. The Morgan fingerprint density at radius 1 is 1.15 bits per heavy atom. The Kier molecular flexibility index (Phi) is 8.17. The highest BCUT2D eigenvalue weighted by atomic mass is 16.5. The highest BCUT2D eigenvalue weighted by Gasteiger charge is 2.20. The number of hydrogen-bond donors (Lipinski definition) is 1. The summed E-state index contributed by atoms with van der Waals surface area (Å²) in [4.78, 5) is 30.4. The first-order valence-electron chi connectivity index (χ1n) is 11.1. The molecule has 0 spiro atoms. The molecule has 0 aliphatic carbocycles. The van der Waals surface area contributed by atoms with Crippen LogP contribution in [-0.4, -0.2) is 26.7 Å². The van der Waals surface area contributed by atoms with Crippen molar-refractivity contribution >= 4 is 11.7 Å². The zero-order valence-corrected chi connectivity index (χ0v) is 19.6. The van der Waals surface area contributed by atoms with Crippen molar-refractivity contribution in [1.82, 2.24) is 9.13 Å². The second-order valence-electron chi connectivity index (χ2n) is 8.07. The van der Waals surface area contributed by atoms with Crippen molar-refractivity contribution in [3.63, 3.8) is 0 Å². The van der Waals surface area contributed by atoms with E-state index < -0.39 is 11.2 Å². The molecule has 0 fully saturated rings. The molecule has 3 rings (SSSR count). The van der Waals surface area contributed by atoms with Gasteiger partial charge >= 0.3 is 5.69 Å². The summed E-state index contributed by atoms with van der Waals surface area (Å²) in [6.45, 7) is 3.55. The maximum absolute atomic E-state index is 12.9. The lowest BCUT2D eigenvalue weighted by atomic mass is 10.0. The zero-order chi connectivity index (χ0) is 24.7. The first-order chi connectivity index (χ1) is 16.4. The number of nitriles is 1. The fraction of sp³-hybridized carbons (Fsp3) is 0.308. The van der Waals surface area contributed by atoms with Gasteiger partial charge in [0.2, 0.25) is 0 Å². The van der Waals surface area contributed by atoms with Crippen molar-refractivity contribution in [2.24, 2.45) is 18.0 Å². The van der Waals surface area contributed by atoms with Gasteiger partial charge in [0.25, 0.3) is 5.56 Å². The van der Waals surface area contributed by atoms with Crippen molar-refractivity contribution in [3.8, 4) is 11.8 Å². The van der Waals surface area contributed by atoms with Crippen LogP contribution in [0.5, 0.6) is 5.75 Å². The number of aliphatic imine (C=N–C) groups is 1. The van der Waals surface area contributed by atoms with E-state index in [0.29, 0.717) is 29.7 Å². The molecular weight excluding hydrogens is 432 g/mol. The largest absolute Gasteiger partial charge is 0.441 e. The zero-order valence-electron chi connectivity index (χ0n) is 19.6. The number of aliphatic hydroxyl groups is 1. The molecule has 0 saturated carbocycles. The number of aliphatic hydroxyl groups excluding tert-OH is 1. The summed E-state index contributed by atoms with van der Waals surface area (Å²) in [5, 5.41) is 18.6. The van der Waals surface area contributed by atoms with Crippen LogP contribution in [-0.2, 0) is 20.0 Å². The number of nitrogens with zero attached hydrogens (tertiary/aromatic N) is 4. The van der Waals surface area contributed by atoms with E-state index in [1.165, 1.54) is 4.57 Å². The van der Waals surface area contributed by atoms with Crippen molar-refractivity contribution in [3.05, 3.63) is 92.1 Å². The quantitative estimate of drug-likeness (QED) is 0.410. The molecule has 0 aliphatic heterocycles. The lowest BCUT2D eigenvalue weighted by Gasteiger charge is -2.18. The van der Waals surface area contributed by atoms with E-state index in [0.717, 1.165) is 10.1 Å². The summed E-state index contributed by atoms with van der Waals surface area (Å²) in [7, 11) is 1.55. The van der Waals surface area contributed by atoms with E-state index in [1.807, 2.05) is 37.3 Å². The lowest BCUT2D eigenvalue weighted by molar-refractivity contribution is 0.277. The van der Waals surface area contributed by atoms with E-state index >= 15 is 0 Å². The van der Waals surface area contributed by atoms with Crippen molar-refractivity contribution in [2.45, 2.75) is 33.2 Å². The van der Waals surface area contributed by atoms with Crippen LogP contribution in [0, 0.1) is 24.2 Å². The minimum atomic E-state index is -0.518. The molecule has 3 aromatic rings. The summed E-state index contributed by atoms with van der Waals surface area (Å²) in [5.74, 6) is 0.611. The molecule has 34 heavy (non-hydrogen) atoms. The Hall–Kier alpha value is -3.96. The maximum Gasteiger partial charge on any atom is 0.332 e. The number of para-hydroxylation sites is 1. The number of benzene rings is 2. The normalized spacial score (nSPS) is 12.3. The van der Waals surface area contributed by atoms with Crippen LogP contribution in [0.25, 0.3) is 0 Å². The molecule has 0 bridgehead atoms. The number of aromatic nitrogens is 2. The molecule has 1 aromatic heterocycles. The Morgan fingerprint density at radius 2 is 1.82 bits per heavy atom. The van der Waals surface area contributed by atoms with Gasteiger partial charge in [-0.05, 0) is 37.5 Å². The molecule has 176 valence electrons. The third kappa shape index (κ3) is 5.50. The summed E-state index contributed by atoms with van der Waals surface area (Å²) in [5.41, 5.74) is 0.747. The molecule has 0 saturated heterocycles. The van der Waals surface area contributed by atoms with Gasteiger partial charge in [0, 0.05) is 26.1 Å². The van der Waals surface area contributed by atoms with Gasteiger partial charge in [-0.3, -0.25) is 13.9 Å². The lowest BCUT2D eigenvalue weighted by Crippen LogP contribution is -2.40. The van der Waals surface area contributed by atoms with Crippen molar-refractivity contribution in [1.29, 1.82) is 5.26 Å². The van der Waals surface area contributed by atoms with Crippen LogP contribution in [0.2, 0.25) is 0 Å². The van der Waals surface area contributed by atoms with Crippen LogP contribution < -0.4 is 16.0 Å². The van der Waals surface area contributed by atoms with Gasteiger partial charge in [-0.2, -0.15) is 10.3 Å². The highest BCUT2D eigenvalue weighted by molar-refractivity contribution is 5.84. The summed E-state index contributed by atoms with van der Waals surface area (Å²) >= 11 is 0. The molecule has 1 N–H and O–H groups in total. The van der Waals surface area contributed by atoms with Crippen LogP contribution in [0.3, 0.4) is 0 Å². The second-order valence-corrected chi connectivity index (χ2v) is 8.07. The van der Waals surface area contributed by atoms with Gasteiger partial charge in [-0.25, -0.2) is 4.79 Å². The second kappa shape index (κ2) is 11.3. The molecular formula is C26H28N4O4. The Balaban J connectivity index is 2.12. The smallest absolute Gasteiger partial charge is 0.332 e. The minimum Gasteiger partial charge on any atom is -0.441 e. The monoisotopic (exact) mass is 460 g/mol. The third-order valence-corrected chi connectivity index (χ3v) is 5.52. The maximum atomic E-state index is 12.9. The average molecular weight is 461 g/mol. The molecule has 0 radical (unpaired) electrons. The molecule has 1 heterocycles. The third-order valence-electron chi connectivity index (χ3n) is 5.52. The van der Waals surface area contributed by atoms with E-state index in [1.54, 1.807) is 38.2 Å². The Morgan fingerprint density at radius 3 is 2.50 bits per heavy atom. The first kappa shape index (κ1) is 24.7. The van der Waals surface area contributed by atoms with Crippen LogP contribution in [0.1, 0.15) is 30.0 Å². The van der Waals surface area contributed by atoms with Crippen molar-refractivity contribution < 1.29 is 9.84 Å². The summed E-state index contributed by atoms with van der Waals surface area (Å²) in [6, 6.07) is 18.8. The highest BCUT2D eigenvalue weighted by Crippen LogP contribution is 2.23. The standard InChI is InChI=1S/C26H28N4O4/c1-18(16-20-10-5-4-6-11-20)24(34-22-13-8-7-12-21(22)17-27)28-23-19(2)25(32)30(14-9-15-31)26(33)29(23)3/h4-8,10-13,18,31H,9,14-16H2,1-3H3. The topological polar surface area (TPSA) is 110 Å². The SMILES string of the molecule is Cc1c(N=C(Oc2ccccc2C#N)C(C)Cc2ccccc2)n(C)c(=O)n(CCCO)c1=O. The summed E-state index contributed by atoms with van der Waals surface area (Å²) in [6.07, 6.45) is 0.902. The fourth-order valence-corrected chi connectivity index (χ4v) is 3.65. The number of ether oxygens (including phenoxy) is 1. The molecule has 8 nitrogen and oxygen atoms in total. The Bertz CT molecular complexity index is 1300. The van der Waals surface area contributed by atoms with Crippen LogP contribution >= 0.6 is 0 Å². The summed E-state index contributed by atoms with van der Waals surface area (Å²) < 4.78 is 8.54. The predicted molar refractivity (Wildman–Crippen MR) is 131 cm³/mol. The van der Waals surface area contributed by atoms with E-state index in [9.17, 15) is 14.9 Å². The van der Waals surface area contributed by atoms with E-state index in [2.05, 4.69) is 11.1 Å². The van der Waals surface area contributed by atoms with Crippen molar-refractivity contribution in [2.75, 3.05) is 6.61 Å². The van der Waals surface area contributed by atoms with E-state index in [-0.39, 0.29) is 30.8 Å². The molecule has 8 heteroatoms. The molecule has 0 aliphatic rings. The van der Waals surface area contributed by atoms with Gasteiger partial charge in [-0.1, -0.05) is 49.4 Å². The molecule has 1 atom stereocenters. The van der Waals surface area contributed by atoms with E-state index in [4.69, 9.17) is 9.84 Å².